The molecule has 1 aliphatic rings. The van der Waals surface area contributed by atoms with Crippen LogP contribution in [0.15, 0.2) is 30.5 Å². The summed E-state index contributed by atoms with van der Waals surface area (Å²) in [6, 6.07) is 7.96. The van der Waals surface area contributed by atoms with Gasteiger partial charge in [-0.15, -0.1) is 0 Å². The Morgan fingerprint density at radius 2 is 2.00 bits per heavy atom. The van der Waals surface area contributed by atoms with E-state index in [1.807, 2.05) is 35.4 Å². The van der Waals surface area contributed by atoms with Crippen molar-refractivity contribution in [2.45, 2.75) is 13.5 Å². The first-order valence-electron chi connectivity index (χ1n) is 7.21. The summed E-state index contributed by atoms with van der Waals surface area (Å²) in [6.45, 7) is 5.54. The lowest BCUT2D eigenvalue weighted by molar-refractivity contribution is 0.0671. The fraction of sp³-hybridized carbons (Fsp3) is 0.375. The van der Waals surface area contributed by atoms with Crippen LogP contribution < -0.4 is 0 Å². The van der Waals surface area contributed by atoms with Crippen molar-refractivity contribution in [1.29, 1.82) is 0 Å². The lowest BCUT2D eigenvalue weighted by Gasteiger charge is -2.28. The van der Waals surface area contributed by atoms with Crippen LogP contribution in [0.3, 0.4) is 0 Å². The van der Waals surface area contributed by atoms with E-state index in [2.05, 4.69) is 11.5 Å². The topological polar surface area (TPSA) is 34.5 Å². The quantitative estimate of drug-likeness (QED) is 0.644. The molecule has 4 nitrogen and oxygen atoms in total. The summed E-state index contributed by atoms with van der Waals surface area (Å²) in [7, 11) is 0. The number of thiocarbonyl (C=S) groups is 1. The zero-order chi connectivity index (χ0) is 14.8. The van der Waals surface area contributed by atoms with Gasteiger partial charge in [-0.25, -0.2) is 0 Å². The van der Waals surface area contributed by atoms with E-state index in [1.54, 1.807) is 0 Å². The number of hydrogen-bond acceptors (Lipinski definition) is 3. The van der Waals surface area contributed by atoms with Gasteiger partial charge in [-0.1, -0.05) is 30.4 Å². The number of benzene rings is 1. The van der Waals surface area contributed by atoms with Crippen molar-refractivity contribution in [3.63, 3.8) is 0 Å². The predicted octanol–water partition coefficient (Wildman–Crippen LogP) is 2.50. The molecule has 0 bridgehead atoms. The number of morpholine rings is 1. The Balaban J connectivity index is 1.96. The van der Waals surface area contributed by atoms with E-state index < -0.39 is 0 Å². The van der Waals surface area contributed by atoms with Crippen molar-refractivity contribution >= 4 is 33.9 Å². The first kappa shape index (κ1) is 14.2. The molecule has 0 unspecified atom stereocenters. The molecule has 2 heterocycles. The highest BCUT2D eigenvalue weighted by Crippen LogP contribution is 2.22. The number of aryl methyl sites for hydroxylation is 1. The first-order chi connectivity index (χ1) is 10.2. The van der Waals surface area contributed by atoms with Crippen LogP contribution >= 0.6 is 12.2 Å². The van der Waals surface area contributed by atoms with Crippen LogP contribution in [-0.4, -0.2) is 46.5 Å². The van der Waals surface area contributed by atoms with Crippen LogP contribution in [0.1, 0.15) is 17.3 Å². The molecule has 0 spiro atoms. The summed E-state index contributed by atoms with van der Waals surface area (Å²) >= 11 is 5.40. The number of nitrogens with zero attached hydrogens (tertiary/aromatic N) is 2. The number of rotatable bonds is 3. The molecule has 21 heavy (non-hydrogen) atoms. The minimum absolute atomic E-state index is 0.0599. The van der Waals surface area contributed by atoms with Crippen LogP contribution in [0.5, 0.6) is 0 Å². The highest BCUT2D eigenvalue weighted by molar-refractivity contribution is 7.82. The molecule has 1 fully saturated rings. The van der Waals surface area contributed by atoms with Gasteiger partial charge in [-0.05, 0) is 13.0 Å². The molecule has 0 radical (unpaired) electrons. The number of fused-ring (bicyclic) bond motifs is 1. The monoisotopic (exact) mass is 302 g/mol. The smallest absolute Gasteiger partial charge is 0.222 e. The number of para-hydroxylation sites is 1. The lowest BCUT2D eigenvalue weighted by Crippen LogP contribution is -2.43. The first-order valence-corrected chi connectivity index (χ1v) is 7.62. The number of ether oxygens (including phenoxy) is 1. The van der Waals surface area contributed by atoms with Gasteiger partial charge in [0.1, 0.15) is 0 Å². The third-order valence-corrected chi connectivity index (χ3v) is 4.31. The zero-order valence-electron chi connectivity index (χ0n) is 12.0. The van der Waals surface area contributed by atoms with Crippen molar-refractivity contribution in [3.8, 4) is 0 Å². The molecule has 2 aromatic rings. The van der Waals surface area contributed by atoms with Crippen molar-refractivity contribution in [2.75, 3.05) is 26.3 Å². The minimum atomic E-state index is -0.0599. The van der Waals surface area contributed by atoms with Crippen molar-refractivity contribution in [2.24, 2.45) is 0 Å². The van der Waals surface area contributed by atoms with Crippen molar-refractivity contribution < 1.29 is 9.53 Å². The van der Waals surface area contributed by atoms with Crippen LogP contribution in [0.2, 0.25) is 0 Å². The second-order valence-corrected chi connectivity index (χ2v) is 5.47. The predicted molar refractivity (Wildman–Crippen MR) is 86.9 cm³/mol. The van der Waals surface area contributed by atoms with Gasteiger partial charge < -0.3 is 14.2 Å². The summed E-state index contributed by atoms with van der Waals surface area (Å²) in [5, 5.41) is 0.972. The highest BCUT2D eigenvalue weighted by atomic mass is 32.1. The number of carbonyl (C=O) groups excluding carboxylic acids is 1. The van der Waals surface area contributed by atoms with E-state index in [4.69, 9.17) is 17.0 Å². The summed E-state index contributed by atoms with van der Waals surface area (Å²) in [5.74, 6) is -0.0599. The van der Waals surface area contributed by atoms with Gasteiger partial charge in [0.25, 0.3) is 0 Å². The Morgan fingerprint density at radius 3 is 2.71 bits per heavy atom. The largest absolute Gasteiger partial charge is 0.378 e. The van der Waals surface area contributed by atoms with E-state index >= 15 is 0 Å². The summed E-state index contributed by atoms with van der Waals surface area (Å²) < 4.78 is 7.40. The molecule has 5 heteroatoms. The third kappa shape index (κ3) is 2.59. The SMILES string of the molecule is CCn1cc(C(=O)C(=S)N2CCOCC2)c2ccccc21. The average Bonchev–Trinajstić information content (AvgIpc) is 2.93. The molecule has 3 rings (SSSR count). The molecule has 110 valence electrons. The van der Waals surface area contributed by atoms with Gasteiger partial charge in [0, 0.05) is 36.7 Å². The normalized spacial score (nSPS) is 15.4. The molecule has 0 amide bonds. The third-order valence-electron chi connectivity index (χ3n) is 3.87. The van der Waals surface area contributed by atoms with Crippen molar-refractivity contribution in [1.82, 2.24) is 9.47 Å². The van der Waals surface area contributed by atoms with Gasteiger partial charge in [-0.3, -0.25) is 4.79 Å². The standard InChI is InChI=1S/C16H18N2O2S/c1-2-17-11-13(12-5-3-4-6-14(12)17)15(19)16(21)18-7-9-20-10-8-18/h3-6,11H,2,7-10H2,1H3. The number of ketones is 1. The van der Waals surface area contributed by atoms with Crippen LogP contribution in [-0.2, 0) is 11.3 Å². The number of Topliss-reactive ketones (excluding diaryl/α,β-unsaturated/α-hetero) is 1. The van der Waals surface area contributed by atoms with E-state index in [1.165, 1.54) is 0 Å². The molecular weight excluding hydrogens is 284 g/mol. The number of carbonyl (C=O) groups is 1. The molecule has 0 atom stereocenters. The van der Waals surface area contributed by atoms with Gasteiger partial charge >= 0.3 is 0 Å². The minimum Gasteiger partial charge on any atom is -0.378 e. The van der Waals surface area contributed by atoms with Gasteiger partial charge in [0.2, 0.25) is 5.78 Å². The molecule has 0 saturated carbocycles. The Labute approximate surface area is 129 Å². The van der Waals surface area contributed by atoms with Crippen molar-refractivity contribution in [3.05, 3.63) is 36.0 Å². The summed E-state index contributed by atoms with van der Waals surface area (Å²) in [6.07, 6.45) is 1.92. The zero-order valence-corrected chi connectivity index (χ0v) is 12.9. The summed E-state index contributed by atoms with van der Waals surface area (Å²) in [5.41, 5.74) is 1.78. The van der Waals surface area contributed by atoms with Gasteiger partial charge in [0.05, 0.1) is 18.8 Å². The molecule has 1 aliphatic heterocycles. The lowest BCUT2D eigenvalue weighted by atomic mass is 10.1. The van der Waals surface area contributed by atoms with Crippen LogP contribution in [0, 0.1) is 0 Å². The number of aromatic nitrogens is 1. The molecule has 1 aromatic heterocycles. The maximum Gasteiger partial charge on any atom is 0.222 e. The second kappa shape index (κ2) is 5.95. The van der Waals surface area contributed by atoms with E-state index in [-0.39, 0.29) is 5.78 Å². The second-order valence-electron chi connectivity index (χ2n) is 5.08. The fourth-order valence-corrected chi connectivity index (χ4v) is 3.01. The molecular formula is C16H18N2O2S. The average molecular weight is 302 g/mol. The van der Waals surface area contributed by atoms with E-state index in [0.717, 1.165) is 17.4 Å². The molecule has 0 N–H and O–H groups in total. The van der Waals surface area contributed by atoms with Crippen LogP contribution in [0.25, 0.3) is 10.9 Å². The van der Waals surface area contributed by atoms with E-state index in [0.29, 0.717) is 36.9 Å². The summed E-state index contributed by atoms with van der Waals surface area (Å²) in [4.78, 5) is 15.1. The van der Waals surface area contributed by atoms with E-state index in [9.17, 15) is 4.79 Å². The Kier molecular flexibility index (Phi) is 4.03. The molecule has 0 aliphatic carbocycles. The molecule has 1 saturated heterocycles. The van der Waals surface area contributed by atoms with Crippen LogP contribution in [0.4, 0.5) is 0 Å². The maximum absolute atomic E-state index is 12.8. The highest BCUT2D eigenvalue weighted by Gasteiger charge is 2.23. The Bertz CT molecular complexity index is 687. The fourth-order valence-electron chi connectivity index (χ4n) is 2.71. The number of hydrogen-bond donors (Lipinski definition) is 0. The van der Waals surface area contributed by atoms with Gasteiger partial charge in [0.15, 0.2) is 4.99 Å². The Hall–Kier alpha value is -1.72. The Morgan fingerprint density at radius 1 is 1.29 bits per heavy atom. The van der Waals surface area contributed by atoms with Gasteiger partial charge in [-0.2, -0.15) is 0 Å². The molecule has 1 aromatic carbocycles. The maximum atomic E-state index is 12.8.